The topological polar surface area (TPSA) is 84.5 Å². The van der Waals surface area contributed by atoms with Crippen molar-refractivity contribution in [1.29, 1.82) is 0 Å². The number of aromatic nitrogens is 1. The van der Waals surface area contributed by atoms with Gasteiger partial charge in [0.25, 0.3) is 0 Å². The summed E-state index contributed by atoms with van der Waals surface area (Å²) in [7, 11) is 0. The van der Waals surface area contributed by atoms with Gasteiger partial charge in [0.1, 0.15) is 0 Å². The number of hydrazine groups is 1. The van der Waals surface area contributed by atoms with E-state index < -0.39 is 29.9 Å². The number of hydrogen-bond donors (Lipinski definition) is 2. The Labute approximate surface area is 233 Å². The number of nitrogens with zero attached hydrogens (tertiary/aromatic N) is 5. The second-order valence-corrected chi connectivity index (χ2v) is 11.3. The zero-order valence-corrected chi connectivity index (χ0v) is 22.1. The molecule has 3 atom stereocenters. The summed E-state index contributed by atoms with van der Waals surface area (Å²) in [4.78, 5) is 4.55. The van der Waals surface area contributed by atoms with Gasteiger partial charge in [0.2, 0.25) is 11.0 Å². The maximum atomic E-state index is 14.0. The van der Waals surface area contributed by atoms with Crippen LogP contribution < -0.4 is 15.6 Å². The molecule has 2 N–H and O–H groups in total. The van der Waals surface area contributed by atoms with Crippen LogP contribution in [0.15, 0.2) is 46.6 Å². The van der Waals surface area contributed by atoms with Crippen LogP contribution in [0.4, 0.5) is 31.5 Å². The van der Waals surface area contributed by atoms with Crippen molar-refractivity contribution < 1.29 is 36.6 Å². The third kappa shape index (κ3) is 5.19. The fourth-order valence-corrected chi connectivity index (χ4v) is 6.78. The number of anilines is 1. The molecule has 0 amide bonds. The Kier molecular flexibility index (Phi) is 6.82. The van der Waals surface area contributed by atoms with Gasteiger partial charge < -0.3 is 10.2 Å². The van der Waals surface area contributed by atoms with Crippen LogP contribution in [0.3, 0.4) is 0 Å². The fourth-order valence-electron chi connectivity index (χ4n) is 5.72. The predicted molar refractivity (Wildman–Crippen MR) is 139 cm³/mol. The molecule has 2 saturated heterocycles. The first kappa shape index (κ1) is 27.7. The lowest BCUT2D eigenvalue weighted by molar-refractivity contribution is -0.143. The molecule has 1 aromatic heterocycles. The summed E-state index contributed by atoms with van der Waals surface area (Å²) in [6, 6.07) is 6.52. The van der Waals surface area contributed by atoms with Gasteiger partial charge in [-0.1, -0.05) is 23.5 Å². The molecule has 3 aliphatic rings. The van der Waals surface area contributed by atoms with Gasteiger partial charge in [-0.15, -0.1) is 0 Å². The number of alkyl halides is 6. The Hall–Kier alpha value is -3.49. The highest BCUT2D eigenvalue weighted by Crippen LogP contribution is 2.44. The predicted octanol–water partition coefficient (Wildman–Crippen LogP) is 3.96. The van der Waals surface area contributed by atoms with E-state index in [4.69, 9.17) is 0 Å². The first-order chi connectivity index (χ1) is 19.4. The second-order valence-electron chi connectivity index (χ2n) is 10.3. The van der Waals surface area contributed by atoms with Gasteiger partial charge in [0, 0.05) is 38.2 Å². The van der Waals surface area contributed by atoms with Gasteiger partial charge in [0.15, 0.2) is 0 Å². The van der Waals surface area contributed by atoms with Gasteiger partial charge in [-0.2, -0.15) is 41.5 Å². The van der Waals surface area contributed by atoms with Crippen LogP contribution in [-0.4, -0.2) is 52.7 Å². The van der Waals surface area contributed by atoms with Gasteiger partial charge in [0.05, 0.1) is 27.6 Å². The number of aliphatic hydroxyl groups is 1. The number of benzene rings is 2. The third-order valence-corrected chi connectivity index (χ3v) is 8.86. The summed E-state index contributed by atoms with van der Waals surface area (Å²) in [6.07, 6.45) is -8.23. The van der Waals surface area contributed by atoms with Gasteiger partial charge in [-0.3, -0.25) is 5.01 Å². The molecule has 4 heterocycles. The molecule has 0 aliphatic carbocycles. The van der Waals surface area contributed by atoms with Gasteiger partial charge in [-0.05, 0) is 58.9 Å². The molecule has 0 saturated carbocycles. The lowest BCUT2D eigenvalue weighted by Gasteiger charge is -2.32. The normalized spacial score (nSPS) is 22.3. The van der Waals surface area contributed by atoms with Crippen LogP contribution >= 0.6 is 11.3 Å². The molecule has 2 aromatic carbocycles. The first-order valence-corrected chi connectivity index (χ1v) is 13.6. The second kappa shape index (κ2) is 10.1. The number of hydrogen-bond acceptors (Lipinski definition) is 8. The van der Waals surface area contributed by atoms with Crippen LogP contribution in [0.2, 0.25) is 0 Å². The van der Waals surface area contributed by atoms with Crippen LogP contribution in [0.25, 0.3) is 5.57 Å². The highest BCUT2D eigenvalue weighted by molar-refractivity contribution is 7.17. The van der Waals surface area contributed by atoms with Crippen molar-refractivity contribution in [2.45, 2.75) is 25.2 Å². The number of aromatic hydroxyl groups is 1. The van der Waals surface area contributed by atoms with Crippen LogP contribution in [0.1, 0.15) is 33.6 Å². The Morgan fingerprint density at radius 2 is 1.80 bits per heavy atom. The van der Waals surface area contributed by atoms with Gasteiger partial charge in [-0.25, -0.2) is 5.01 Å². The fraction of sp³-hybridized carbons (Fsp3) is 0.370. The van der Waals surface area contributed by atoms with E-state index in [1.807, 2.05) is 5.01 Å². The van der Waals surface area contributed by atoms with E-state index in [-0.39, 0.29) is 34.6 Å². The number of thiazole rings is 1. The highest BCUT2D eigenvalue weighted by Gasteiger charge is 2.44. The largest absolute Gasteiger partial charge is 0.492 e. The highest BCUT2D eigenvalue weighted by atomic mass is 32.1. The Bertz CT molecular complexity index is 1650. The minimum atomic E-state index is -5.04. The maximum Gasteiger partial charge on any atom is 0.416 e. The molecule has 6 rings (SSSR count). The maximum absolute atomic E-state index is 14.0. The lowest BCUT2D eigenvalue weighted by Crippen LogP contribution is -2.41. The standard InChI is InChI=1S/C27H23F6N5O2S/c28-26(29,30)19-3-1-15(21(9-19)27(31,32)33)8-20(14-2-4-22-17(7-14)10-34-36-22)23-24(40)35-25(41-23)38-13-18-12-37(38)11-16(18)5-6-39/h1-4,7,9-10,16,18,39-40H,5-6,8,11-13H2/b20-14+/t16-,18?/m0/s1. The molecule has 2 bridgehead atoms. The third-order valence-electron chi connectivity index (χ3n) is 7.75. The van der Waals surface area contributed by atoms with E-state index in [0.717, 1.165) is 23.9 Å². The smallest absolute Gasteiger partial charge is 0.416 e. The monoisotopic (exact) mass is 595 g/mol. The molecular weight excluding hydrogens is 572 g/mol. The SMILES string of the molecule is OCC[C@H]1CN2CC1CN2c1nc(O)c(/C(Cc2ccc(C(F)(F)F)cc2C(F)(F)F)=c2\ccc3c(c2)C=NN=3)s1. The number of fused-ring (bicyclic) bond motifs is 3. The van der Waals surface area contributed by atoms with Crippen molar-refractivity contribution in [3.8, 4) is 5.88 Å². The van der Waals surface area contributed by atoms with Crippen molar-refractivity contribution >= 4 is 28.3 Å². The van der Waals surface area contributed by atoms with Crippen LogP contribution in [-0.2, 0) is 18.8 Å². The molecule has 7 nitrogen and oxygen atoms in total. The minimum absolute atomic E-state index is 0.0954. The zero-order chi connectivity index (χ0) is 29.1. The molecule has 3 aromatic rings. The lowest BCUT2D eigenvalue weighted by atomic mass is 9.93. The molecule has 3 aliphatic heterocycles. The van der Waals surface area contributed by atoms with Crippen molar-refractivity contribution in [1.82, 2.24) is 9.99 Å². The van der Waals surface area contributed by atoms with Crippen LogP contribution in [0.5, 0.6) is 5.88 Å². The van der Waals surface area contributed by atoms with E-state index >= 15 is 0 Å². The molecule has 2 fully saturated rings. The van der Waals surface area contributed by atoms with E-state index in [1.165, 1.54) is 6.21 Å². The van der Waals surface area contributed by atoms with Crippen molar-refractivity contribution in [3.05, 3.63) is 74.1 Å². The summed E-state index contributed by atoms with van der Waals surface area (Å²) >= 11 is 1.11. The molecule has 0 radical (unpaired) electrons. The molecule has 14 heteroatoms. The molecule has 216 valence electrons. The summed E-state index contributed by atoms with van der Waals surface area (Å²) in [5.74, 6) is 0.266. The average molecular weight is 596 g/mol. The summed E-state index contributed by atoms with van der Waals surface area (Å²) in [5.41, 5.74) is -2.28. The summed E-state index contributed by atoms with van der Waals surface area (Å²) in [6.45, 7) is 2.20. The molecule has 41 heavy (non-hydrogen) atoms. The van der Waals surface area contributed by atoms with E-state index in [2.05, 4.69) is 20.2 Å². The van der Waals surface area contributed by atoms with Crippen LogP contribution in [0, 0.1) is 11.8 Å². The van der Waals surface area contributed by atoms with Crippen molar-refractivity contribution in [2.75, 3.05) is 31.3 Å². The minimum Gasteiger partial charge on any atom is -0.492 e. The Balaban J connectivity index is 1.44. The first-order valence-electron chi connectivity index (χ1n) is 12.8. The van der Waals surface area contributed by atoms with E-state index in [0.29, 0.717) is 58.7 Å². The average Bonchev–Trinajstić information content (AvgIpc) is 3.70. The Morgan fingerprint density at radius 1 is 1.00 bits per heavy atom. The summed E-state index contributed by atoms with van der Waals surface area (Å²) < 4.78 is 81.9. The molecule has 2 unspecified atom stereocenters. The number of halogens is 6. The van der Waals surface area contributed by atoms with Crippen molar-refractivity contribution in [3.63, 3.8) is 0 Å². The van der Waals surface area contributed by atoms with E-state index in [1.54, 1.807) is 18.2 Å². The van der Waals surface area contributed by atoms with Crippen molar-refractivity contribution in [2.24, 2.45) is 22.0 Å². The Morgan fingerprint density at radius 3 is 2.49 bits per heavy atom. The van der Waals surface area contributed by atoms with E-state index in [9.17, 15) is 36.6 Å². The number of aliphatic hydroxyl groups excluding tert-OH is 1. The summed E-state index contributed by atoms with van der Waals surface area (Å²) in [5, 5.41) is 33.6. The number of rotatable bonds is 6. The van der Waals surface area contributed by atoms with Gasteiger partial charge >= 0.3 is 12.4 Å². The molecule has 0 spiro atoms. The quantitative estimate of drug-likeness (QED) is 0.422. The zero-order valence-electron chi connectivity index (χ0n) is 21.2. The molecular formula is C27H23F6N5O2S.